The Balaban J connectivity index is 1.81. The Morgan fingerprint density at radius 2 is 2.14 bits per heavy atom. The SMILES string of the molecule is CC(=O)N1CCCC1c1nnc2n1CCN(CCO)CC2. The second-order valence-corrected chi connectivity index (χ2v) is 5.81. The molecule has 1 N–H and O–H groups in total. The summed E-state index contributed by atoms with van der Waals surface area (Å²) in [5.41, 5.74) is 0. The maximum Gasteiger partial charge on any atom is 0.220 e. The number of likely N-dealkylation sites (tertiary alicyclic amines) is 1. The third kappa shape index (κ3) is 2.80. The predicted octanol–water partition coefficient (Wildman–Crippen LogP) is -0.188. The van der Waals surface area contributed by atoms with Gasteiger partial charge in [0.1, 0.15) is 5.82 Å². The van der Waals surface area contributed by atoms with E-state index in [9.17, 15) is 4.79 Å². The molecule has 7 nitrogen and oxygen atoms in total. The van der Waals surface area contributed by atoms with Crippen molar-refractivity contribution in [2.45, 2.75) is 38.8 Å². The van der Waals surface area contributed by atoms with Crippen molar-refractivity contribution in [1.29, 1.82) is 0 Å². The van der Waals surface area contributed by atoms with Gasteiger partial charge in [-0.3, -0.25) is 9.69 Å². The molecule has 1 unspecified atom stereocenters. The summed E-state index contributed by atoms with van der Waals surface area (Å²) in [5.74, 6) is 2.05. The van der Waals surface area contributed by atoms with Crippen molar-refractivity contribution in [3.05, 3.63) is 11.6 Å². The zero-order chi connectivity index (χ0) is 14.8. The van der Waals surface area contributed by atoms with Crippen LogP contribution in [0.5, 0.6) is 0 Å². The maximum absolute atomic E-state index is 11.8. The van der Waals surface area contributed by atoms with Crippen molar-refractivity contribution in [2.75, 3.05) is 32.8 Å². The molecule has 0 aromatic carbocycles. The average molecular weight is 293 g/mol. The second kappa shape index (κ2) is 6.11. The van der Waals surface area contributed by atoms with Crippen molar-refractivity contribution < 1.29 is 9.90 Å². The van der Waals surface area contributed by atoms with Crippen LogP contribution in [0.3, 0.4) is 0 Å². The summed E-state index contributed by atoms with van der Waals surface area (Å²) in [6.07, 6.45) is 2.85. The van der Waals surface area contributed by atoms with Gasteiger partial charge in [-0.2, -0.15) is 0 Å². The number of carbonyl (C=O) groups excluding carboxylic acids is 1. The van der Waals surface area contributed by atoms with E-state index in [1.54, 1.807) is 6.92 Å². The Bertz CT molecular complexity index is 515. The van der Waals surface area contributed by atoms with Crippen LogP contribution in [0.4, 0.5) is 0 Å². The summed E-state index contributed by atoms with van der Waals surface area (Å²) in [7, 11) is 0. The van der Waals surface area contributed by atoms with Gasteiger partial charge in [0, 0.05) is 46.1 Å². The summed E-state index contributed by atoms with van der Waals surface area (Å²) >= 11 is 0. The molecule has 1 aromatic rings. The van der Waals surface area contributed by atoms with Crippen molar-refractivity contribution in [2.24, 2.45) is 0 Å². The van der Waals surface area contributed by atoms with Gasteiger partial charge in [0.05, 0.1) is 12.6 Å². The van der Waals surface area contributed by atoms with Crippen molar-refractivity contribution in [3.63, 3.8) is 0 Å². The van der Waals surface area contributed by atoms with E-state index in [2.05, 4.69) is 19.7 Å². The first-order chi connectivity index (χ1) is 10.2. The largest absolute Gasteiger partial charge is 0.395 e. The first-order valence-electron chi connectivity index (χ1n) is 7.73. The van der Waals surface area contributed by atoms with E-state index < -0.39 is 0 Å². The fourth-order valence-electron chi connectivity index (χ4n) is 3.41. The summed E-state index contributed by atoms with van der Waals surface area (Å²) in [6, 6.07) is 0.0770. The Morgan fingerprint density at radius 3 is 2.90 bits per heavy atom. The van der Waals surface area contributed by atoms with E-state index in [1.165, 1.54) is 0 Å². The Kier molecular flexibility index (Phi) is 4.21. The van der Waals surface area contributed by atoms with Crippen LogP contribution >= 0.6 is 0 Å². The minimum atomic E-state index is 0.0770. The number of aromatic nitrogens is 3. The molecule has 2 aliphatic heterocycles. The molecule has 0 spiro atoms. The molecule has 3 rings (SSSR count). The van der Waals surface area contributed by atoms with Gasteiger partial charge in [-0.15, -0.1) is 10.2 Å². The number of carbonyl (C=O) groups is 1. The third-order valence-electron chi connectivity index (χ3n) is 4.52. The van der Waals surface area contributed by atoms with Crippen LogP contribution in [-0.4, -0.2) is 68.4 Å². The number of hydrogen-bond acceptors (Lipinski definition) is 5. The molecule has 3 heterocycles. The van der Waals surface area contributed by atoms with Crippen LogP contribution < -0.4 is 0 Å². The molecule has 0 aliphatic carbocycles. The molecule has 7 heteroatoms. The fraction of sp³-hybridized carbons (Fsp3) is 0.786. The molecule has 0 bridgehead atoms. The van der Waals surface area contributed by atoms with Crippen LogP contribution in [0.15, 0.2) is 0 Å². The molecule has 0 saturated carbocycles. The molecule has 0 radical (unpaired) electrons. The van der Waals surface area contributed by atoms with E-state index in [1.807, 2.05) is 4.90 Å². The van der Waals surface area contributed by atoms with Crippen LogP contribution in [0, 0.1) is 0 Å². The van der Waals surface area contributed by atoms with E-state index in [0.717, 1.165) is 57.1 Å². The smallest absolute Gasteiger partial charge is 0.220 e. The lowest BCUT2D eigenvalue weighted by Crippen LogP contribution is -2.31. The highest BCUT2D eigenvalue weighted by Crippen LogP contribution is 2.31. The van der Waals surface area contributed by atoms with Gasteiger partial charge >= 0.3 is 0 Å². The van der Waals surface area contributed by atoms with Gasteiger partial charge in [0.2, 0.25) is 5.91 Å². The van der Waals surface area contributed by atoms with Crippen molar-refractivity contribution in [3.8, 4) is 0 Å². The van der Waals surface area contributed by atoms with E-state index >= 15 is 0 Å². The Labute approximate surface area is 124 Å². The molecule has 2 aliphatic rings. The number of β-amino-alcohol motifs (C(OH)–C–C–N with tert-alkyl or cyclic N) is 1. The first-order valence-corrected chi connectivity index (χ1v) is 7.73. The van der Waals surface area contributed by atoms with Gasteiger partial charge in [-0.1, -0.05) is 0 Å². The molecular weight excluding hydrogens is 270 g/mol. The number of aliphatic hydroxyl groups excluding tert-OH is 1. The molecular formula is C14H23N5O2. The minimum absolute atomic E-state index is 0.0770. The number of fused-ring (bicyclic) bond motifs is 1. The van der Waals surface area contributed by atoms with Gasteiger partial charge in [-0.25, -0.2) is 0 Å². The van der Waals surface area contributed by atoms with Gasteiger partial charge in [-0.05, 0) is 12.8 Å². The van der Waals surface area contributed by atoms with Crippen molar-refractivity contribution in [1.82, 2.24) is 24.6 Å². The number of amides is 1. The summed E-state index contributed by atoms with van der Waals surface area (Å²) in [4.78, 5) is 15.9. The molecule has 1 aromatic heterocycles. The van der Waals surface area contributed by atoms with E-state index in [-0.39, 0.29) is 18.6 Å². The summed E-state index contributed by atoms with van der Waals surface area (Å²) in [5, 5.41) is 17.8. The lowest BCUT2D eigenvalue weighted by atomic mass is 10.2. The zero-order valence-electron chi connectivity index (χ0n) is 12.5. The third-order valence-corrected chi connectivity index (χ3v) is 4.52. The average Bonchev–Trinajstić information content (AvgIpc) is 3.04. The molecule has 1 amide bonds. The number of hydrogen-bond donors (Lipinski definition) is 1. The van der Waals surface area contributed by atoms with E-state index in [4.69, 9.17) is 5.11 Å². The molecule has 1 saturated heterocycles. The standard InChI is InChI=1S/C14H23N5O2/c1-11(21)18-5-2-3-12(18)14-16-15-13-4-6-17(9-10-20)7-8-19(13)14/h12,20H,2-10H2,1H3. The fourth-order valence-corrected chi connectivity index (χ4v) is 3.41. The number of nitrogens with zero attached hydrogens (tertiary/aromatic N) is 5. The zero-order valence-corrected chi connectivity index (χ0v) is 12.5. The lowest BCUT2D eigenvalue weighted by molar-refractivity contribution is -0.129. The highest BCUT2D eigenvalue weighted by atomic mass is 16.3. The van der Waals surface area contributed by atoms with Crippen LogP contribution in [0.2, 0.25) is 0 Å². The van der Waals surface area contributed by atoms with Gasteiger partial charge in [0.25, 0.3) is 0 Å². The second-order valence-electron chi connectivity index (χ2n) is 5.81. The normalized spacial score (nSPS) is 23.1. The molecule has 116 valence electrons. The molecule has 1 atom stereocenters. The van der Waals surface area contributed by atoms with Crippen molar-refractivity contribution >= 4 is 5.91 Å². The topological polar surface area (TPSA) is 74.5 Å². The lowest BCUT2D eigenvalue weighted by Gasteiger charge is -2.23. The van der Waals surface area contributed by atoms with Crippen LogP contribution in [0.25, 0.3) is 0 Å². The van der Waals surface area contributed by atoms with Crippen LogP contribution in [-0.2, 0) is 17.8 Å². The number of rotatable bonds is 3. The van der Waals surface area contributed by atoms with Crippen LogP contribution in [0.1, 0.15) is 37.5 Å². The predicted molar refractivity (Wildman–Crippen MR) is 76.6 cm³/mol. The monoisotopic (exact) mass is 293 g/mol. The van der Waals surface area contributed by atoms with Gasteiger partial charge in [0.15, 0.2) is 5.82 Å². The number of aliphatic hydroxyl groups is 1. The Morgan fingerprint density at radius 1 is 1.29 bits per heavy atom. The highest BCUT2D eigenvalue weighted by Gasteiger charge is 2.33. The molecule has 1 fully saturated rings. The molecule has 21 heavy (non-hydrogen) atoms. The quantitative estimate of drug-likeness (QED) is 0.836. The summed E-state index contributed by atoms with van der Waals surface area (Å²) < 4.78 is 2.18. The minimum Gasteiger partial charge on any atom is -0.395 e. The highest BCUT2D eigenvalue weighted by molar-refractivity contribution is 5.74. The first kappa shape index (κ1) is 14.5. The maximum atomic E-state index is 11.8. The van der Waals surface area contributed by atoms with Gasteiger partial charge < -0.3 is 14.6 Å². The summed E-state index contributed by atoms with van der Waals surface area (Å²) in [6.45, 7) is 5.97. The van der Waals surface area contributed by atoms with E-state index in [0.29, 0.717) is 6.54 Å². The Hall–Kier alpha value is -1.47.